The summed E-state index contributed by atoms with van der Waals surface area (Å²) in [6, 6.07) is 22.0. The summed E-state index contributed by atoms with van der Waals surface area (Å²) in [5, 5.41) is 3.69. The second-order valence-corrected chi connectivity index (χ2v) is 5.46. The van der Waals surface area contributed by atoms with Crippen molar-refractivity contribution >= 4 is 18.1 Å². The summed E-state index contributed by atoms with van der Waals surface area (Å²) in [6.45, 7) is 3.35. The van der Waals surface area contributed by atoms with Crippen molar-refractivity contribution in [3.8, 4) is 0 Å². The number of halogens is 1. The van der Waals surface area contributed by atoms with Crippen LogP contribution in [0.2, 0.25) is 0 Å². The molecule has 2 nitrogen and oxygen atoms in total. The molecule has 3 rings (SSSR count). The van der Waals surface area contributed by atoms with E-state index in [0.717, 1.165) is 26.1 Å². The Kier molecular flexibility index (Phi) is 6.09. The van der Waals surface area contributed by atoms with Gasteiger partial charge in [0.25, 0.3) is 0 Å². The van der Waals surface area contributed by atoms with Crippen molar-refractivity contribution < 1.29 is 0 Å². The van der Waals surface area contributed by atoms with Crippen molar-refractivity contribution in [2.24, 2.45) is 0 Å². The minimum atomic E-state index is 0. The maximum absolute atomic E-state index is 3.69. The first-order valence-corrected chi connectivity index (χ1v) is 7.49. The average molecular weight is 303 g/mol. The van der Waals surface area contributed by atoms with E-state index in [1.54, 1.807) is 0 Å². The summed E-state index contributed by atoms with van der Waals surface area (Å²) in [6.07, 6.45) is 2.35. The molecule has 0 aliphatic carbocycles. The van der Waals surface area contributed by atoms with Crippen molar-refractivity contribution in [1.82, 2.24) is 5.32 Å². The smallest absolute Gasteiger partial charge is 0.0366 e. The number of benzene rings is 2. The van der Waals surface area contributed by atoms with Gasteiger partial charge in [0, 0.05) is 24.8 Å². The molecule has 1 heterocycles. The molecule has 112 valence electrons. The highest BCUT2D eigenvalue weighted by molar-refractivity contribution is 5.85. The molecule has 3 heteroatoms. The highest BCUT2D eigenvalue weighted by Crippen LogP contribution is 2.19. The monoisotopic (exact) mass is 302 g/mol. The largest absolute Gasteiger partial charge is 0.370 e. The van der Waals surface area contributed by atoms with Gasteiger partial charge >= 0.3 is 0 Å². The van der Waals surface area contributed by atoms with E-state index in [-0.39, 0.29) is 12.4 Å². The van der Waals surface area contributed by atoms with E-state index in [2.05, 4.69) is 70.9 Å². The molecule has 1 aliphatic heterocycles. The van der Waals surface area contributed by atoms with Crippen molar-refractivity contribution in [2.75, 3.05) is 24.5 Å². The number of hydrogen-bond donors (Lipinski definition) is 1. The third-order valence-corrected chi connectivity index (χ3v) is 4.00. The quantitative estimate of drug-likeness (QED) is 0.909. The minimum Gasteiger partial charge on any atom is -0.370 e. The van der Waals surface area contributed by atoms with Crippen molar-refractivity contribution in [2.45, 2.75) is 18.9 Å². The van der Waals surface area contributed by atoms with E-state index in [1.807, 2.05) is 0 Å². The van der Waals surface area contributed by atoms with E-state index in [0.29, 0.717) is 6.04 Å². The minimum absolute atomic E-state index is 0. The Morgan fingerprint density at radius 3 is 2.33 bits per heavy atom. The van der Waals surface area contributed by atoms with Gasteiger partial charge in [-0.2, -0.15) is 0 Å². The Bertz CT molecular complexity index is 515. The lowest BCUT2D eigenvalue weighted by atomic mass is 10.1. The fourth-order valence-corrected chi connectivity index (χ4v) is 2.87. The molecule has 0 saturated carbocycles. The second kappa shape index (κ2) is 8.06. The molecular formula is C18H23ClN2. The van der Waals surface area contributed by atoms with Gasteiger partial charge in [0.05, 0.1) is 0 Å². The van der Waals surface area contributed by atoms with E-state index >= 15 is 0 Å². The fourth-order valence-electron chi connectivity index (χ4n) is 2.87. The van der Waals surface area contributed by atoms with Gasteiger partial charge in [0.15, 0.2) is 0 Å². The van der Waals surface area contributed by atoms with E-state index in [4.69, 9.17) is 0 Å². The van der Waals surface area contributed by atoms with Crippen LogP contribution in [0, 0.1) is 0 Å². The molecular weight excluding hydrogens is 280 g/mol. The number of para-hydroxylation sites is 1. The van der Waals surface area contributed by atoms with Gasteiger partial charge in [-0.3, -0.25) is 0 Å². The van der Waals surface area contributed by atoms with Crippen LogP contribution in [-0.2, 0) is 6.42 Å². The third kappa shape index (κ3) is 4.48. The van der Waals surface area contributed by atoms with Crippen LogP contribution in [0.3, 0.4) is 0 Å². The molecule has 2 aromatic carbocycles. The molecule has 1 unspecified atom stereocenters. The summed E-state index contributed by atoms with van der Waals surface area (Å²) in [5.41, 5.74) is 2.76. The van der Waals surface area contributed by atoms with Gasteiger partial charge in [-0.05, 0) is 37.1 Å². The lowest BCUT2D eigenvalue weighted by Gasteiger charge is -2.19. The molecule has 1 fully saturated rings. The molecule has 1 saturated heterocycles. The van der Waals surface area contributed by atoms with Crippen LogP contribution in [0.15, 0.2) is 60.7 Å². The predicted octanol–water partition coefficient (Wildman–Crippen LogP) is 3.52. The van der Waals surface area contributed by atoms with Gasteiger partial charge in [-0.1, -0.05) is 48.5 Å². The first-order chi connectivity index (χ1) is 9.92. The van der Waals surface area contributed by atoms with Crippen LogP contribution < -0.4 is 10.2 Å². The van der Waals surface area contributed by atoms with Gasteiger partial charge < -0.3 is 10.2 Å². The van der Waals surface area contributed by atoms with Gasteiger partial charge in [0.2, 0.25) is 0 Å². The van der Waals surface area contributed by atoms with Crippen LogP contribution in [0.5, 0.6) is 0 Å². The molecule has 1 atom stereocenters. The number of nitrogens with zero attached hydrogens (tertiary/aromatic N) is 1. The first-order valence-electron chi connectivity index (χ1n) is 7.49. The molecule has 1 N–H and O–H groups in total. The standard InChI is InChI=1S/C18H22N2.ClH/c1-3-7-16(8-4-1)11-13-19-17-12-14-20(15-17)18-9-5-2-6-10-18;/h1-10,17,19H,11-15H2;1H. The summed E-state index contributed by atoms with van der Waals surface area (Å²) < 4.78 is 0. The Morgan fingerprint density at radius 2 is 1.62 bits per heavy atom. The fraction of sp³-hybridized carbons (Fsp3) is 0.333. The van der Waals surface area contributed by atoms with Crippen LogP contribution in [0.4, 0.5) is 5.69 Å². The maximum atomic E-state index is 3.69. The molecule has 0 aromatic heterocycles. The Hall–Kier alpha value is -1.51. The summed E-state index contributed by atoms with van der Waals surface area (Å²) in [5.74, 6) is 0. The van der Waals surface area contributed by atoms with E-state index in [9.17, 15) is 0 Å². The molecule has 2 aromatic rings. The van der Waals surface area contributed by atoms with Crippen molar-refractivity contribution in [1.29, 1.82) is 0 Å². The molecule has 1 aliphatic rings. The van der Waals surface area contributed by atoms with Crippen LogP contribution in [-0.4, -0.2) is 25.7 Å². The molecule has 0 radical (unpaired) electrons. The summed E-state index contributed by atoms with van der Waals surface area (Å²) in [4.78, 5) is 2.47. The molecule has 21 heavy (non-hydrogen) atoms. The highest BCUT2D eigenvalue weighted by Gasteiger charge is 2.21. The normalized spacial score (nSPS) is 17.5. The molecule has 0 spiro atoms. The van der Waals surface area contributed by atoms with Crippen LogP contribution >= 0.6 is 12.4 Å². The van der Waals surface area contributed by atoms with Crippen LogP contribution in [0.1, 0.15) is 12.0 Å². The number of rotatable bonds is 5. The summed E-state index contributed by atoms with van der Waals surface area (Å²) in [7, 11) is 0. The lowest BCUT2D eigenvalue weighted by molar-refractivity contribution is 0.554. The Labute approximate surface area is 133 Å². The van der Waals surface area contributed by atoms with Crippen molar-refractivity contribution in [3.63, 3.8) is 0 Å². The second-order valence-electron chi connectivity index (χ2n) is 5.46. The Morgan fingerprint density at radius 1 is 0.952 bits per heavy atom. The zero-order valence-corrected chi connectivity index (χ0v) is 13.1. The van der Waals surface area contributed by atoms with Crippen molar-refractivity contribution in [3.05, 3.63) is 66.2 Å². The lowest BCUT2D eigenvalue weighted by Crippen LogP contribution is -2.33. The zero-order chi connectivity index (χ0) is 13.6. The number of hydrogen-bond acceptors (Lipinski definition) is 2. The average Bonchev–Trinajstić information content (AvgIpc) is 2.98. The zero-order valence-electron chi connectivity index (χ0n) is 12.2. The predicted molar refractivity (Wildman–Crippen MR) is 92.5 cm³/mol. The highest BCUT2D eigenvalue weighted by atomic mass is 35.5. The van der Waals surface area contributed by atoms with Gasteiger partial charge in [-0.15, -0.1) is 12.4 Å². The SMILES string of the molecule is Cl.c1ccc(CCNC2CCN(c3ccccc3)C2)cc1. The van der Waals surface area contributed by atoms with E-state index in [1.165, 1.54) is 17.7 Å². The van der Waals surface area contributed by atoms with Gasteiger partial charge in [-0.25, -0.2) is 0 Å². The number of anilines is 1. The number of nitrogens with one attached hydrogen (secondary N) is 1. The molecule has 0 bridgehead atoms. The van der Waals surface area contributed by atoms with Crippen LogP contribution in [0.25, 0.3) is 0 Å². The Balaban J connectivity index is 0.00000161. The topological polar surface area (TPSA) is 15.3 Å². The maximum Gasteiger partial charge on any atom is 0.0366 e. The van der Waals surface area contributed by atoms with E-state index < -0.39 is 0 Å². The first kappa shape index (κ1) is 15.9. The third-order valence-electron chi connectivity index (χ3n) is 4.00. The summed E-state index contributed by atoms with van der Waals surface area (Å²) >= 11 is 0. The van der Waals surface area contributed by atoms with Gasteiger partial charge in [0.1, 0.15) is 0 Å². The molecule has 0 amide bonds.